The maximum atomic E-state index is 5.60. The Kier molecular flexibility index (Phi) is 4.47. The number of rotatable bonds is 5. The SMILES string of the molecule is Nc1ccc(OCCNc2cccc(Br)c2)cc1. The van der Waals surface area contributed by atoms with Gasteiger partial charge in [-0.05, 0) is 42.5 Å². The van der Waals surface area contributed by atoms with Gasteiger partial charge >= 0.3 is 0 Å². The van der Waals surface area contributed by atoms with Crippen LogP contribution in [0.4, 0.5) is 11.4 Å². The van der Waals surface area contributed by atoms with Crippen LogP contribution in [0.15, 0.2) is 53.0 Å². The van der Waals surface area contributed by atoms with Gasteiger partial charge in [0.1, 0.15) is 12.4 Å². The van der Waals surface area contributed by atoms with Gasteiger partial charge in [-0.2, -0.15) is 0 Å². The van der Waals surface area contributed by atoms with Crippen molar-refractivity contribution in [2.75, 3.05) is 24.2 Å². The van der Waals surface area contributed by atoms with Gasteiger partial charge in [0.05, 0.1) is 0 Å². The molecule has 94 valence electrons. The molecule has 0 saturated carbocycles. The summed E-state index contributed by atoms with van der Waals surface area (Å²) in [4.78, 5) is 0. The molecule has 0 heterocycles. The number of hydrogen-bond donors (Lipinski definition) is 2. The first kappa shape index (κ1) is 12.8. The van der Waals surface area contributed by atoms with E-state index in [-0.39, 0.29) is 0 Å². The summed E-state index contributed by atoms with van der Waals surface area (Å²) in [5.74, 6) is 0.834. The summed E-state index contributed by atoms with van der Waals surface area (Å²) in [6.45, 7) is 1.36. The number of nitrogen functional groups attached to an aromatic ring is 1. The summed E-state index contributed by atoms with van der Waals surface area (Å²) < 4.78 is 6.65. The molecule has 0 saturated heterocycles. The molecule has 0 aliphatic rings. The Hall–Kier alpha value is -1.68. The third-order valence-electron chi connectivity index (χ3n) is 2.40. The van der Waals surface area contributed by atoms with Gasteiger partial charge in [-0.3, -0.25) is 0 Å². The topological polar surface area (TPSA) is 47.3 Å². The van der Waals surface area contributed by atoms with E-state index >= 15 is 0 Å². The second kappa shape index (κ2) is 6.31. The lowest BCUT2D eigenvalue weighted by atomic mass is 10.3. The fourth-order valence-corrected chi connectivity index (χ4v) is 1.93. The fourth-order valence-electron chi connectivity index (χ4n) is 1.53. The van der Waals surface area contributed by atoms with Crippen LogP contribution in [0.3, 0.4) is 0 Å². The first-order valence-electron chi connectivity index (χ1n) is 5.72. The van der Waals surface area contributed by atoms with E-state index in [0.717, 1.165) is 28.1 Å². The lowest BCUT2D eigenvalue weighted by molar-refractivity contribution is 0.333. The minimum atomic E-state index is 0.608. The number of nitrogens with two attached hydrogens (primary N) is 1. The molecule has 0 spiro atoms. The Bertz CT molecular complexity index is 499. The van der Waals surface area contributed by atoms with Gasteiger partial charge in [0, 0.05) is 22.4 Å². The highest BCUT2D eigenvalue weighted by Crippen LogP contribution is 2.16. The molecular weight excluding hydrogens is 292 g/mol. The molecule has 18 heavy (non-hydrogen) atoms. The van der Waals surface area contributed by atoms with Crippen molar-refractivity contribution in [2.45, 2.75) is 0 Å². The highest BCUT2D eigenvalue weighted by Gasteiger charge is 1.95. The van der Waals surface area contributed by atoms with E-state index < -0.39 is 0 Å². The molecule has 0 fully saturated rings. The molecule has 0 bridgehead atoms. The summed E-state index contributed by atoms with van der Waals surface area (Å²) in [5, 5.41) is 3.29. The average Bonchev–Trinajstić information content (AvgIpc) is 2.37. The van der Waals surface area contributed by atoms with Crippen LogP contribution >= 0.6 is 15.9 Å². The Morgan fingerprint density at radius 2 is 1.89 bits per heavy atom. The summed E-state index contributed by atoms with van der Waals surface area (Å²) in [6, 6.07) is 15.4. The second-order valence-electron chi connectivity index (χ2n) is 3.85. The molecule has 0 unspecified atom stereocenters. The van der Waals surface area contributed by atoms with Crippen LogP contribution < -0.4 is 15.8 Å². The van der Waals surface area contributed by atoms with Crippen molar-refractivity contribution in [1.29, 1.82) is 0 Å². The predicted molar refractivity (Wildman–Crippen MR) is 79.0 cm³/mol. The fraction of sp³-hybridized carbons (Fsp3) is 0.143. The minimum absolute atomic E-state index is 0.608. The maximum Gasteiger partial charge on any atom is 0.119 e. The molecule has 3 nitrogen and oxygen atoms in total. The molecule has 0 aromatic heterocycles. The third-order valence-corrected chi connectivity index (χ3v) is 2.90. The van der Waals surface area contributed by atoms with Crippen LogP contribution in [0.2, 0.25) is 0 Å². The number of anilines is 2. The first-order chi connectivity index (χ1) is 8.74. The predicted octanol–water partition coefficient (Wildman–Crippen LogP) is 3.52. The second-order valence-corrected chi connectivity index (χ2v) is 4.77. The minimum Gasteiger partial charge on any atom is -0.492 e. The Labute approximate surface area is 115 Å². The summed E-state index contributed by atoms with van der Waals surface area (Å²) in [5.41, 5.74) is 7.42. The van der Waals surface area contributed by atoms with Gasteiger partial charge in [-0.1, -0.05) is 22.0 Å². The van der Waals surface area contributed by atoms with Gasteiger partial charge in [0.25, 0.3) is 0 Å². The number of halogens is 1. The zero-order valence-electron chi connectivity index (χ0n) is 9.90. The molecule has 0 aliphatic heterocycles. The van der Waals surface area contributed by atoms with Crippen molar-refractivity contribution in [3.8, 4) is 5.75 Å². The van der Waals surface area contributed by atoms with Crippen LogP contribution in [0.1, 0.15) is 0 Å². The molecular formula is C14H15BrN2O. The van der Waals surface area contributed by atoms with Gasteiger partial charge in [-0.15, -0.1) is 0 Å². The molecule has 0 atom stereocenters. The Morgan fingerprint density at radius 3 is 2.61 bits per heavy atom. The van der Waals surface area contributed by atoms with E-state index in [9.17, 15) is 0 Å². The Morgan fingerprint density at radius 1 is 1.11 bits per heavy atom. The largest absolute Gasteiger partial charge is 0.492 e. The first-order valence-corrected chi connectivity index (χ1v) is 6.51. The molecule has 0 radical (unpaired) electrons. The zero-order valence-corrected chi connectivity index (χ0v) is 11.5. The van der Waals surface area contributed by atoms with Gasteiger partial charge < -0.3 is 15.8 Å². The lowest BCUT2D eigenvalue weighted by Gasteiger charge is -2.09. The zero-order chi connectivity index (χ0) is 12.8. The van der Waals surface area contributed by atoms with Crippen molar-refractivity contribution in [1.82, 2.24) is 0 Å². The van der Waals surface area contributed by atoms with Gasteiger partial charge in [0.15, 0.2) is 0 Å². The van der Waals surface area contributed by atoms with E-state index in [1.807, 2.05) is 48.5 Å². The van der Waals surface area contributed by atoms with E-state index in [2.05, 4.69) is 21.2 Å². The molecule has 2 rings (SSSR count). The summed E-state index contributed by atoms with van der Waals surface area (Å²) >= 11 is 3.43. The standard InChI is InChI=1S/C14H15BrN2O/c15-11-2-1-3-13(10-11)17-8-9-18-14-6-4-12(16)5-7-14/h1-7,10,17H,8-9,16H2. The van der Waals surface area contributed by atoms with Gasteiger partial charge in [0.2, 0.25) is 0 Å². The van der Waals surface area contributed by atoms with Crippen molar-refractivity contribution >= 4 is 27.3 Å². The normalized spacial score (nSPS) is 10.1. The van der Waals surface area contributed by atoms with E-state index in [1.165, 1.54) is 0 Å². The molecule has 0 aliphatic carbocycles. The number of benzene rings is 2. The quantitative estimate of drug-likeness (QED) is 0.656. The van der Waals surface area contributed by atoms with Crippen LogP contribution in [-0.2, 0) is 0 Å². The molecule has 3 N–H and O–H groups in total. The van der Waals surface area contributed by atoms with Crippen molar-refractivity contribution in [3.05, 3.63) is 53.0 Å². The van der Waals surface area contributed by atoms with Crippen molar-refractivity contribution in [2.24, 2.45) is 0 Å². The van der Waals surface area contributed by atoms with Crippen molar-refractivity contribution < 1.29 is 4.74 Å². The number of nitrogens with one attached hydrogen (secondary N) is 1. The van der Waals surface area contributed by atoms with Crippen molar-refractivity contribution in [3.63, 3.8) is 0 Å². The molecule has 2 aromatic carbocycles. The highest BCUT2D eigenvalue weighted by atomic mass is 79.9. The van der Waals surface area contributed by atoms with Gasteiger partial charge in [-0.25, -0.2) is 0 Å². The van der Waals surface area contributed by atoms with E-state index in [0.29, 0.717) is 6.61 Å². The van der Waals surface area contributed by atoms with E-state index in [4.69, 9.17) is 10.5 Å². The van der Waals surface area contributed by atoms with Crippen LogP contribution in [0.5, 0.6) is 5.75 Å². The van der Waals surface area contributed by atoms with Crippen LogP contribution in [0, 0.1) is 0 Å². The smallest absolute Gasteiger partial charge is 0.119 e. The molecule has 2 aromatic rings. The number of ether oxygens (including phenoxy) is 1. The number of hydrogen-bond acceptors (Lipinski definition) is 3. The Balaban J connectivity index is 1.74. The highest BCUT2D eigenvalue weighted by molar-refractivity contribution is 9.10. The summed E-state index contributed by atoms with van der Waals surface area (Å²) in [7, 11) is 0. The molecule has 4 heteroatoms. The third kappa shape index (κ3) is 3.96. The maximum absolute atomic E-state index is 5.60. The average molecular weight is 307 g/mol. The lowest BCUT2D eigenvalue weighted by Crippen LogP contribution is -2.11. The van der Waals surface area contributed by atoms with E-state index in [1.54, 1.807) is 0 Å². The van der Waals surface area contributed by atoms with Crippen LogP contribution in [0.25, 0.3) is 0 Å². The van der Waals surface area contributed by atoms with Crippen LogP contribution in [-0.4, -0.2) is 13.2 Å². The molecule has 0 amide bonds. The summed E-state index contributed by atoms with van der Waals surface area (Å²) in [6.07, 6.45) is 0. The monoisotopic (exact) mass is 306 g/mol.